The Hall–Kier alpha value is -3.66. The molecule has 0 spiro atoms. The van der Waals surface area contributed by atoms with Gasteiger partial charge in [0.2, 0.25) is 16.9 Å². The monoisotopic (exact) mass is 644 g/mol. The molecule has 5 rings (SSSR count). The molecule has 3 N–H and O–H groups in total. The Balaban J connectivity index is 1.20. The van der Waals surface area contributed by atoms with Crippen molar-refractivity contribution in [3.63, 3.8) is 0 Å². The van der Waals surface area contributed by atoms with Crippen LogP contribution in [0.15, 0.2) is 56.3 Å². The average Bonchev–Trinajstić information content (AvgIpc) is 3.59. The van der Waals surface area contributed by atoms with E-state index in [4.69, 9.17) is 4.74 Å². The van der Waals surface area contributed by atoms with Crippen LogP contribution in [0.5, 0.6) is 5.88 Å². The number of ether oxygens (including phenoxy) is 1. The number of carbonyl (C=O) groups excluding carboxylic acids is 3. The number of carbonyl (C=O) groups is 3. The van der Waals surface area contributed by atoms with Crippen molar-refractivity contribution in [3.8, 4) is 5.88 Å². The van der Waals surface area contributed by atoms with Crippen molar-refractivity contribution in [2.45, 2.75) is 11.3 Å². The Morgan fingerprint density at radius 2 is 1.90 bits per heavy atom. The van der Waals surface area contributed by atoms with Crippen molar-refractivity contribution in [1.82, 2.24) is 15.2 Å². The number of anilines is 3. The van der Waals surface area contributed by atoms with E-state index in [9.17, 15) is 19.5 Å². The fourth-order valence-electron chi connectivity index (χ4n) is 3.47. The molecule has 39 heavy (non-hydrogen) atoms. The van der Waals surface area contributed by atoms with Gasteiger partial charge in [0.05, 0.1) is 28.9 Å². The third kappa shape index (κ3) is 6.16. The van der Waals surface area contributed by atoms with Crippen LogP contribution in [-0.2, 0) is 14.3 Å². The number of aromatic nitrogens is 3. The van der Waals surface area contributed by atoms with Crippen molar-refractivity contribution < 1.29 is 24.2 Å². The highest BCUT2D eigenvalue weighted by molar-refractivity contribution is 9.10. The number of benzene rings is 2. The molecule has 3 heterocycles. The molecule has 1 aliphatic heterocycles. The molecular weight excluding hydrogens is 628 g/mol. The lowest BCUT2D eigenvalue weighted by molar-refractivity contribution is -0.114. The Kier molecular flexibility index (Phi) is 8.02. The van der Waals surface area contributed by atoms with E-state index < -0.39 is 11.9 Å². The van der Waals surface area contributed by atoms with Gasteiger partial charge in [0.1, 0.15) is 4.88 Å². The Morgan fingerprint density at radius 1 is 1.10 bits per heavy atom. The van der Waals surface area contributed by atoms with Crippen LogP contribution >= 0.6 is 50.4 Å². The van der Waals surface area contributed by atoms with Crippen molar-refractivity contribution in [2.75, 3.05) is 23.0 Å². The van der Waals surface area contributed by atoms with E-state index in [-0.39, 0.29) is 29.7 Å². The lowest BCUT2D eigenvalue weighted by atomic mass is 10.1. The summed E-state index contributed by atoms with van der Waals surface area (Å²) in [5.41, 5.74) is 1.23. The van der Waals surface area contributed by atoms with Gasteiger partial charge in [-0.15, -0.1) is 10.2 Å². The summed E-state index contributed by atoms with van der Waals surface area (Å²) in [6, 6.07) is 11.7. The number of fused-ring (bicyclic) bond motifs is 1. The highest BCUT2D eigenvalue weighted by Crippen LogP contribution is 2.36. The summed E-state index contributed by atoms with van der Waals surface area (Å²) < 4.78 is 6.27. The predicted octanol–water partition coefficient (Wildman–Crippen LogP) is 3.47. The minimum absolute atomic E-state index is 0.0926. The van der Waals surface area contributed by atoms with Gasteiger partial charge in [-0.25, -0.2) is 9.79 Å². The predicted molar refractivity (Wildman–Crippen MR) is 151 cm³/mol. The van der Waals surface area contributed by atoms with Crippen molar-refractivity contribution in [2.24, 2.45) is 4.99 Å². The fraction of sp³-hybridized carbons (Fsp3) is 0.125. The van der Waals surface area contributed by atoms with Gasteiger partial charge in [-0.1, -0.05) is 50.4 Å². The molecule has 0 atom stereocenters. The van der Waals surface area contributed by atoms with Gasteiger partial charge >= 0.3 is 5.97 Å². The third-order valence-electron chi connectivity index (χ3n) is 5.13. The summed E-state index contributed by atoms with van der Waals surface area (Å²) in [7, 11) is 0. The molecule has 0 saturated carbocycles. The van der Waals surface area contributed by atoms with Gasteiger partial charge in [-0.3, -0.25) is 9.59 Å². The standard InChI is InChI=1S/C24H17BrN6O5S3/c1-2-36-21(35)11-3-6-13(7-4-11)26-16(32)10-37-24-31-30-23(39-24)29-22-28-20(34)18(38-22)17-14-9-12(25)5-8-15(14)27-19(17)33/h3-9,34H,2,10H2,1H3,(H,26,32)(H,28,29,30). The van der Waals surface area contributed by atoms with Crippen molar-refractivity contribution in [1.29, 1.82) is 0 Å². The van der Waals surface area contributed by atoms with Gasteiger partial charge in [-0.2, -0.15) is 4.98 Å². The first kappa shape index (κ1) is 26.9. The maximum Gasteiger partial charge on any atom is 0.338 e. The summed E-state index contributed by atoms with van der Waals surface area (Å²) >= 11 is 6.90. The number of hydrogen-bond acceptors (Lipinski definition) is 12. The normalized spacial score (nSPS) is 12.2. The topological polar surface area (TPSA) is 156 Å². The Bertz CT molecular complexity index is 1720. The van der Waals surface area contributed by atoms with Crippen molar-refractivity contribution in [3.05, 3.63) is 68.0 Å². The van der Waals surface area contributed by atoms with E-state index in [1.165, 1.54) is 23.1 Å². The summed E-state index contributed by atoms with van der Waals surface area (Å²) in [6.45, 7) is 2.02. The summed E-state index contributed by atoms with van der Waals surface area (Å²) in [5.74, 6) is -1.32. The number of thioether (sulfide) groups is 1. The second-order valence-electron chi connectivity index (χ2n) is 7.76. The molecule has 2 aromatic carbocycles. The molecule has 0 aliphatic carbocycles. The molecule has 4 aromatic rings. The molecule has 15 heteroatoms. The molecule has 2 amide bonds. The number of thiazole rings is 1. The average molecular weight is 646 g/mol. The van der Waals surface area contributed by atoms with Crippen LogP contribution < -0.4 is 21.2 Å². The van der Waals surface area contributed by atoms with Crippen LogP contribution in [0.1, 0.15) is 22.2 Å². The largest absolute Gasteiger partial charge is 0.492 e. The quantitative estimate of drug-likeness (QED) is 0.182. The van der Waals surface area contributed by atoms with E-state index in [0.29, 0.717) is 41.3 Å². The van der Waals surface area contributed by atoms with Crippen LogP contribution in [0.4, 0.5) is 16.0 Å². The van der Waals surface area contributed by atoms with E-state index in [2.05, 4.69) is 46.7 Å². The first-order chi connectivity index (χ1) is 18.8. The van der Waals surface area contributed by atoms with Crippen LogP contribution in [-0.4, -0.2) is 50.4 Å². The number of nitrogens with zero attached hydrogens (tertiary/aromatic N) is 4. The molecule has 0 bridgehead atoms. The lowest BCUT2D eigenvalue weighted by Crippen LogP contribution is -2.22. The number of amides is 2. The lowest BCUT2D eigenvalue weighted by Gasteiger charge is -2.05. The number of rotatable bonds is 9. The number of aromatic hydroxyl groups is 1. The summed E-state index contributed by atoms with van der Waals surface area (Å²) in [6.07, 6.45) is 0. The van der Waals surface area contributed by atoms with Gasteiger partial charge in [-0.05, 0) is 49.4 Å². The molecule has 198 valence electrons. The van der Waals surface area contributed by atoms with E-state index in [1.807, 2.05) is 0 Å². The smallest absolute Gasteiger partial charge is 0.338 e. The van der Waals surface area contributed by atoms with Crippen molar-refractivity contribution >= 4 is 89.7 Å². The maximum atomic E-state index is 12.5. The Labute approximate surface area is 241 Å². The zero-order valence-corrected chi connectivity index (χ0v) is 24.0. The van der Waals surface area contributed by atoms with E-state index in [0.717, 1.165) is 15.8 Å². The minimum Gasteiger partial charge on any atom is -0.492 e. The van der Waals surface area contributed by atoms with Crippen LogP contribution in [0.3, 0.4) is 0 Å². The number of esters is 1. The molecule has 0 saturated heterocycles. The van der Waals surface area contributed by atoms with Gasteiger partial charge in [0.25, 0.3) is 5.91 Å². The van der Waals surface area contributed by atoms with E-state index >= 15 is 0 Å². The molecule has 11 nitrogen and oxygen atoms in total. The minimum atomic E-state index is -0.448. The zero-order chi connectivity index (χ0) is 27.5. The highest BCUT2D eigenvalue weighted by Gasteiger charge is 2.25. The second-order valence-corrected chi connectivity index (χ2v) is 11.9. The molecule has 0 radical (unpaired) electrons. The Morgan fingerprint density at radius 3 is 2.67 bits per heavy atom. The highest BCUT2D eigenvalue weighted by atomic mass is 79.9. The summed E-state index contributed by atoms with van der Waals surface area (Å²) in [4.78, 5) is 45.1. The molecule has 0 unspecified atom stereocenters. The second kappa shape index (κ2) is 11.6. The first-order valence-corrected chi connectivity index (χ1v) is 14.7. The van der Waals surface area contributed by atoms with Crippen LogP contribution in [0.2, 0.25) is 0 Å². The molecular formula is C24H17BrN6O5S3. The zero-order valence-electron chi connectivity index (χ0n) is 19.9. The fourth-order valence-corrected chi connectivity index (χ4v) is 6.36. The maximum absolute atomic E-state index is 12.5. The van der Waals surface area contributed by atoms with E-state index in [1.54, 1.807) is 49.4 Å². The SMILES string of the molecule is CCOC(=O)c1ccc(NC(=O)CSc2nnc(Nc3nc(O)c(C4=c5cc(Br)ccc5=NC4=O)s3)s2)cc1. The van der Waals surface area contributed by atoms with Crippen LogP contribution in [0, 0.1) is 0 Å². The number of nitrogens with one attached hydrogen (secondary N) is 2. The third-order valence-corrected chi connectivity index (χ3v) is 8.57. The van der Waals surface area contributed by atoms with Gasteiger partial charge < -0.3 is 20.5 Å². The van der Waals surface area contributed by atoms with Gasteiger partial charge in [0, 0.05) is 15.4 Å². The first-order valence-electron chi connectivity index (χ1n) is 11.2. The molecule has 0 fully saturated rings. The van der Waals surface area contributed by atoms with Gasteiger partial charge in [0.15, 0.2) is 9.47 Å². The molecule has 2 aromatic heterocycles. The number of hydrogen-bond donors (Lipinski definition) is 3. The molecule has 1 aliphatic rings. The van der Waals surface area contributed by atoms with Crippen LogP contribution in [0.25, 0.3) is 5.57 Å². The summed E-state index contributed by atoms with van der Waals surface area (Å²) in [5, 5.41) is 26.2. The number of halogens is 1.